The van der Waals surface area contributed by atoms with Gasteiger partial charge in [0.2, 0.25) is 0 Å². The monoisotopic (exact) mass is 425 g/mol. The van der Waals surface area contributed by atoms with Crippen LogP contribution in [-0.2, 0) is 11.2 Å². The molecule has 1 atom stereocenters. The number of hydrogen-bond acceptors (Lipinski definition) is 5. The summed E-state index contributed by atoms with van der Waals surface area (Å²) in [6.07, 6.45) is 8.31. The number of rotatable bonds is 13. The number of unbranched alkanes of at least 4 members (excludes halogenated alkanes) is 3. The lowest BCUT2D eigenvalue weighted by Crippen LogP contribution is -2.22. The molecule has 154 valence electrons. The van der Waals surface area contributed by atoms with Crippen LogP contribution in [0.3, 0.4) is 0 Å². The lowest BCUT2D eigenvalue weighted by atomic mass is 10.1. The topological polar surface area (TPSA) is 80.4 Å². The summed E-state index contributed by atoms with van der Waals surface area (Å²) in [7, 11) is 0. The number of nitrogen functional groups attached to an aromatic ring is 1. The van der Waals surface area contributed by atoms with Crippen molar-refractivity contribution in [2.45, 2.75) is 38.2 Å². The molecule has 0 aliphatic rings. The fourth-order valence-electron chi connectivity index (χ4n) is 2.80. The predicted molar refractivity (Wildman–Crippen MR) is 116 cm³/mol. The van der Waals surface area contributed by atoms with Gasteiger partial charge >= 0.3 is 0 Å². The highest BCUT2D eigenvalue weighted by Crippen LogP contribution is 2.31. The Labute approximate surface area is 177 Å². The van der Waals surface area contributed by atoms with E-state index >= 15 is 0 Å². The standard InChI is InChI=1S/C21H29Cl2N3O2/c22-18-12-17(13-19(23)21(18)24)20(27)15-26-8-3-1-2-4-10-28-11-7-16-6-5-9-25-14-16/h5-6,9,12-14,20,26-27H,1-4,7-8,10-11,15,24H2. The molecule has 0 bridgehead atoms. The van der Waals surface area contributed by atoms with Gasteiger partial charge in [-0.1, -0.05) is 42.1 Å². The van der Waals surface area contributed by atoms with E-state index in [1.54, 1.807) is 18.3 Å². The van der Waals surface area contributed by atoms with Crippen LogP contribution in [0.5, 0.6) is 0 Å². The number of aliphatic hydroxyl groups is 1. The van der Waals surface area contributed by atoms with Gasteiger partial charge in [0.1, 0.15) is 0 Å². The first kappa shape index (κ1) is 22.9. The normalized spacial score (nSPS) is 12.2. The summed E-state index contributed by atoms with van der Waals surface area (Å²) in [6, 6.07) is 7.33. The van der Waals surface area contributed by atoms with E-state index in [9.17, 15) is 5.11 Å². The van der Waals surface area contributed by atoms with Crippen LogP contribution in [0.25, 0.3) is 0 Å². The molecule has 0 aliphatic carbocycles. The molecule has 0 radical (unpaired) electrons. The van der Waals surface area contributed by atoms with Crippen molar-refractivity contribution in [1.82, 2.24) is 10.3 Å². The average molecular weight is 426 g/mol. The molecule has 5 nitrogen and oxygen atoms in total. The smallest absolute Gasteiger partial charge is 0.0915 e. The fourth-order valence-corrected chi connectivity index (χ4v) is 3.30. The van der Waals surface area contributed by atoms with E-state index in [1.165, 1.54) is 5.56 Å². The molecule has 0 saturated carbocycles. The number of nitrogens with two attached hydrogens (primary N) is 1. The first-order chi connectivity index (χ1) is 13.6. The Kier molecular flexibility index (Phi) is 10.6. The van der Waals surface area contributed by atoms with Crippen molar-refractivity contribution in [2.75, 3.05) is 32.0 Å². The van der Waals surface area contributed by atoms with Crippen LogP contribution < -0.4 is 11.1 Å². The predicted octanol–water partition coefficient (Wildman–Crippen LogP) is 4.41. The molecule has 7 heteroatoms. The SMILES string of the molecule is Nc1c(Cl)cc(C(O)CNCCCCCCOCCc2cccnc2)cc1Cl. The lowest BCUT2D eigenvalue weighted by Gasteiger charge is -2.14. The van der Waals surface area contributed by atoms with Crippen molar-refractivity contribution in [3.8, 4) is 0 Å². The molecule has 0 aliphatic heterocycles. The van der Waals surface area contributed by atoms with Crippen LogP contribution >= 0.6 is 23.2 Å². The van der Waals surface area contributed by atoms with Crippen LogP contribution in [0.4, 0.5) is 5.69 Å². The quantitative estimate of drug-likeness (QED) is 0.327. The molecule has 0 fully saturated rings. The summed E-state index contributed by atoms with van der Waals surface area (Å²) in [6.45, 7) is 2.85. The first-order valence-electron chi connectivity index (χ1n) is 9.67. The van der Waals surface area contributed by atoms with Crippen LogP contribution in [0.1, 0.15) is 42.9 Å². The van der Waals surface area contributed by atoms with Crippen LogP contribution in [0.15, 0.2) is 36.7 Å². The van der Waals surface area contributed by atoms with Crippen molar-refractivity contribution in [1.29, 1.82) is 0 Å². The van der Waals surface area contributed by atoms with E-state index in [0.717, 1.165) is 51.9 Å². The maximum atomic E-state index is 10.2. The number of pyridine rings is 1. The number of anilines is 1. The molecule has 2 rings (SSSR count). The van der Waals surface area contributed by atoms with Crippen LogP contribution in [0, 0.1) is 0 Å². The Morgan fingerprint density at radius 2 is 1.86 bits per heavy atom. The molecule has 0 spiro atoms. The third-order valence-electron chi connectivity index (χ3n) is 4.47. The number of halogens is 2. The van der Waals surface area contributed by atoms with Gasteiger partial charge in [0.25, 0.3) is 0 Å². The van der Waals surface area contributed by atoms with Crippen molar-refractivity contribution >= 4 is 28.9 Å². The third-order valence-corrected chi connectivity index (χ3v) is 5.10. The number of aliphatic hydroxyl groups excluding tert-OH is 1. The summed E-state index contributed by atoms with van der Waals surface area (Å²) in [5.74, 6) is 0. The number of nitrogens with one attached hydrogen (secondary N) is 1. The molecule has 28 heavy (non-hydrogen) atoms. The second-order valence-electron chi connectivity index (χ2n) is 6.76. The largest absolute Gasteiger partial charge is 0.396 e. The second kappa shape index (κ2) is 13.0. The van der Waals surface area contributed by atoms with Crippen LogP contribution in [-0.4, -0.2) is 36.4 Å². The van der Waals surface area contributed by atoms with Crippen molar-refractivity contribution < 1.29 is 9.84 Å². The van der Waals surface area contributed by atoms with E-state index in [4.69, 9.17) is 33.7 Å². The lowest BCUT2D eigenvalue weighted by molar-refractivity contribution is 0.132. The number of aromatic nitrogens is 1. The summed E-state index contributed by atoms with van der Waals surface area (Å²) in [5, 5.41) is 14.2. The number of hydrogen-bond donors (Lipinski definition) is 3. The minimum absolute atomic E-state index is 0.341. The highest BCUT2D eigenvalue weighted by atomic mass is 35.5. The van der Waals surface area contributed by atoms with E-state index in [0.29, 0.717) is 27.8 Å². The molecule has 2 aromatic rings. The number of ether oxygens (including phenoxy) is 1. The zero-order valence-corrected chi connectivity index (χ0v) is 17.6. The molecule has 1 aromatic heterocycles. The molecule has 1 heterocycles. The van der Waals surface area contributed by atoms with Gasteiger partial charge in [-0.3, -0.25) is 4.98 Å². The fraction of sp³-hybridized carbons (Fsp3) is 0.476. The van der Waals surface area contributed by atoms with Gasteiger partial charge in [0, 0.05) is 25.5 Å². The molecule has 0 amide bonds. The Balaban J connectivity index is 1.45. The summed E-state index contributed by atoms with van der Waals surface area (Å²) < 4.78 is 5.67. The van der Waals surface area contributed by atoms with Gasteiger partial charge in [0.15, 0.2) is 0 Å². The summed E-state index contributed by atoms with van der Waals surface area (Å²) in [4.78, 5) is 4.09. The van der Waals surface area contributed by atoms with Crippen molar-refractivity contribution in [3.63, 3.8) is 0 Å². The summed E-state index contributed by atoms with van der Waals surface area (Å²) >= 11 is 12.0. The summed E-state index contributed by atoms with van der Waals surface area (Å²) in [5.41, 5.74) is 7.93. The van der Waals surface area contributed by atoms with Gasteiger partial charge in [-0.2, -0.15) is 0 Å². The first-order valence-corrected chi connectivity index (χ1v) is 10.4. The minimum Gasteiger partial charge on any atom is -0.396 e. The van der Waals surface area contributed by atoms with Crippen molar-refractivity contribution in [3.05, 3.63) is 57.8 Å². The van der Waals surface area contributed by atoms with E-state index in [2.05, 4.69) is 16.4 Å². The highest BCUT2D eigenvalue weighted by molar-refractivity contribution is 6.38. The van der Waals surface area contributed by atoms with E-state index in [1.807, 2.05) is 12.3 Å². The van der Waals surface area contributed by atoms with Gasteiger partial charge in [-0.15, -0.1) is 0 Å². The van der Waals surface area contributed by atoms with Gasteiger partial charge < -0.3 is 20.9 Å². The van der Waals surface area contributed by atoms with Crippen molar-refractivity contribution in [2.24, 2.45) is 0 Å². The third kappa shape index (κ3) is 8.33. The Morgan fingerprint density at radius 3 is 2.57 bits per heavy atom. The van der Waals surface area contributed by atoms with Gasteiger partial charge in [0.05, 0.1) is 28.4 Å². The molecular weight excluding hydrogens is 397 g/mol. The molecule has 0 saturated heterocycles. The number of benzene rings is 1. The number of nitrogens with zero attached hydrogens (tertiary/aromatic N) is 1. The zero-order valence-electron chi connectivity index (χ0n) is 16.0. The molecular formula is C21H29Cl2N3O2. The van der Waals surface area contributed by atoms with Gasteiger partial charge in [-0.25, -0.2) is 0 Å². The van der Waals surface area contributed by atoms with E-state index in [-0.39, 0.29) is 0 Å². The zero-order chi connectivity index (χ0) is 20.2. The highest BCUT2D eigenvalue weighted by Gasteiger charge is 2.11. The molecule has 1 aromatic carbocycles. The Hall–Kier alpha value is -1.37. The van der Waals surface area contributed by atoms with E-state index < -0.39 is 6.10 Å². The maximum absolute atomic E-state index is 10.2. The molecule has 1 unspecified atom stereocenters. The minimum atomic E-state index is -0.663. The average Bonchev–Trinajstić information content (AvgIpc) is 2.70. The Morgan fingerprint density at radius 1 is 1.11 bits per heavy atom. The Bertz CT molecular complexity index is 678. The maximum Gasteiger partial charge on any atom is 0.0915 e. The van der Waals surface area contributed by atoms with Gasteiger partial charge in [-0.05, 0) is 55.1 Å². The van der Waals surface area contributed by atoms with Crippen LogP contribution in [0.2, 0.25) is 10.0 Å². The molecule has 4 N–H and O–H groups in total. The second-order valence-corrected chi connectivity index (χ2v) is 7.57.